The van der Waals surface area contributed by atoms with Crippen molar-refractivity contribution >= 4 is 0 Å². The molecule has 0 N–H and O–H groups in total. The molecular weight excluding hydrogens is 236 g/mol. The summed E-state index contributed by atoms with van der Waals surface area (Å²) >= 11 is 0. The maximum atomic E-state index is 6.28. The quantitative estimate of drug-likeness (QED) is 0.544. The first-order chi connectivity index (χ1) is 8.83. The van der Waals surface area contributed by atoms with E-state index in [0.717, 1.165) is 22.1 Å². The van der Waals surface area contributed by atoms with Gasteiger partial charge in [0.2, 0.25) is 0 Å². The number of rotatable bonds is 7. The van der Waals surface area contributed by atoms with Crippen molar-refractivity contribution in [1.82, 2.24) is 0 Å². The molecular formula is C16H30N2O+2. The molecule has 1 aromatic rings. The van der Waals surface area contributed by atoms with Gasteiger partial charge in [-0.25, -0.2) is 0 Å². The smallest absolute Gasteiger partial charge is 0.276 e. The van der Waals surface area contributed by atoms with Crippen molar-refractivity contribution in [3.63, 3.8) is 0 Å². The summed E-state index contributed by atoms with van der Waals surface area (Å²) in [5.74, 6) is 0. The Balaban J connectivity index is 2.81. The Morgan fingerprint density at radius 1 is 0.895 bits per heavy atom. The molecule has 0 saturated heterocycles. The highest BCUT2D eigenvalue weighted by atomic mass is 16.5. The van der Waals surface area contributed by atoms with Crippen molar-refractivity contribution in [2.75, 3.05) is 41.3 Å². The van der Waals surface area contributed by atoms with Crippen molar-refractivity contribution in [2.24, 2.45) is 0 Å². The van der Waals surface area contributed by atoms with E-state index in [4.69, 9.17) is 4.74 Å². The number of hydrogen-bond acceptors (Lipinski definition) is 1. The minimum Gasteiger partial charge on any atom is -0.276 e. The molecule has 1 rings (SSSR count). The van der Waals surface area contributed by atoms with Crippen molar-refractivity contribution in [3.8, 4) is 0 Å². The van der Waals surface area contributed by atoms with Gasteiger partial charge in [-0.2, -0.15) is 0 Å². The lowest BCUT2D eigenvalue weighted by Crippen LogP contribution is -2.65. The number of quaternary nitrogens is 2. The number of ether oxygens (including phenoxy) is 1. The molecule has 0 aliphatic carbocycles. The van der Waals surface area contributed by atoms with Crippen LogP contribution in [0.15, 0.2) is 30.3 Å². The molecule has 0 heterocycles. The summed E-state index contributed by atoms with van der Waals surface area (Å²) < 4.78 is 8.02. The van der Waals surface area contributed by atoms with Gasteiger partial charge in [0.25, 0.3) is 0 Å². The zero-order valence-electron chi connectivity index (χ0n) is 13.4. The fourth-order valence-electron chi connectivity index (χ4n) is 2.31. The second-order valence-corrected chi connectivity index (χ2v) is 6.31. The average molecular weight is 266 g/mol. The van der Waals surface area contributed by atoms with E-state index in [-0.39, 0.29) is 6.35 Å². The van der Waals surface area contributed by atoms with E-state index < -0.39 is 0 Å². The van der Waals surface area contributed by atoms with Crippen LogP contribution in [0.3, 0.4) is 0 Å². The van der Waals surface area contributed by atoms with Crippen LogP contribution in [0.5, 0.6) is 0 Å². The zero-order valence-corrected chi connectivity index (χ0v) is 13.4. The molecule has 3 nitrogen and oxygen atoms in total. The van der Waals surface area contributed by atoms with E-state index in [1.165, 1.54) is 5.56 Å². The third-order valence-electron chi connectivity index (χ3n) is 4.07. The Bertz CT molecular complexity index is 358. The van der Waals surface area contributed by atoms with Crippen LogP contribution in [0.4, 0.5) is 0 Å². The Kier molecular flexibility index (Phi) is 5.53. The van der Waals surface area contributed by atoms with Crippen molar-refractivity contribution in [1.29, 1.82) is 0 Å². The standard InChI is InChI=1S/C16H30N2O/c1-7-17(3,4)16(18(5,6)8-2)19-14-15-12-10-9-11-13-15/h9-13,16H,7-8,14H2,1-6H3/q+2. The first-order valence-electron chi connectivity index (χ1n) is 7.14. The molecule has 0 fully saturated rings. The molecule has 108 valence electrons. The van der Waals surface area contributed by atoms with Crippen LogP contribution in [-0.2, 0) is 11.3 Å². The Labute approximate surface area is 118 Å². The first kappa shape index (κ1) is 16.2. The third-order valence-corrected chi connectivity index (χ3v) is 4.07. The van der Waals surface area contributed by atoms with Gasteiger partial charge < -0.3 is 0 Å². The van der Waals surface area contributed by atoms with E-state index >= 15 is 0 Å². The fraction of sp³-hybridized carbons (Fsp3) is 0.625. The average Bonchev–Trinajstić information content (AvgIpc) is 2.39. The summed E-state index contributed by atoms with van der Waals surface area (Å²) in [6.45, 7) is 7.22. The maximum absolute atomic E-state index is 6.28. The molecule has 0 aliphatic rings. The van der Waals surface area contributed by atoms with Gasteiger partial charge in [0.05, 0.1) is 47.9 Å². The molecule has 0 aromatic heterocycles. The van der Waals surface area contributed by atoms with Gasteiger partial charge in [0, 0.05) is 0 Å². The van der Waals surface area contributed by atoms with Crippen LogP contribution in [0.1, 0.15) is 19.4 Å². The SMILES string of the molecule is CC[N+](C)(C)C(OCc1ccccc1)[N+](C)(C)CC. The lowest BCUT2D eigenvalue weighted by Gasteiger charge is -2.44. The number of hydrogen-bond donors (Lipinski definition) is 0. The summed E-state index contributed by atoms with van der Waals surface area (Å²) in [5.41, 5.74) is 1.24. The Hall–Kier alpha value is -0.900. The summed E-state index contributed by atoms with van der Waals surface area (Å²) in [6.07, 6.45) is 0.148. The van der Waals surface area contributed by atoms with Gasteiger partial charge in [-0.3, -0.25) is 13.7 Å². The molecule has 0 radical (unpaired) electrons. The van der Waals surface area contributed by atoms with Crippen LogP contribution in [0.2, 0.25) is 0 Å². The summed E-state index contributed by atoms with van der Waals surface area (Å²) in [5, 5.41) is 0. The van der Waals surface area contributed by atoms with Gasteiger partial charge in [0.15, 0.2) is 0 Å². The monoisotopic (exact) mass is 266 g/mol. The molecule has 19 heavy (non-hydrogen) atoms. The molecule has 0 spiro atoms. The Morgan fingerprint density at radius 3 is 1.79 bits per heavy atom. The molecule has 0 aliphatic heterocycles. The molecule has 0 atom stereocenters. The Morgan fingerprint density at radius 2 is 1.37 bits per heavy atom. The molecule has 0 amide bonds. The summed E-state index contributed by atoms with van der Waals surface area (Å²) in [4.78, 5) is 0. The van der Waals surface area contributed by atoms with Crippen LogP contribution < -0.4 is 0 Å². The van der Waals surface area contributed by atoms with E-state index in [1.807, 2.05) is 6.07 Å². The van der Waals surface area contributed by atoms with E-state index in [0.29, 0.717) is 6.61 Å². The highest BCUT2D eigenvalue weighted by Crippen LogP contribution is 2.19. The van der Waals surface area contributed by atoms with Crippen molar-refractivity contribution in [3.05, 3.63) is 35.9 Å². The minimum absolute atomic E-state index is 0.148. The van der Waals surface area contributed by atoms with Crippen LogP contribution >= 0.6 is 0 Å². The molecule has 0 bridgehead atoms. The van der Waals surface area contributed by atoms with Gasteiger partial charge in [-0.15, -0.1) is 0 Å². The van der Waals surface area contributed by atoms with E-state index in [1.54, 1.807) is 0 Å². The zero-order chi connectivity index (χ0) is 14.5. The number of benzene rings is 1. The van der Waals surface area contributed by atoms with E-state index in [2.05, 4.69) is 66.3 Å². The summed E-state index contributed by atoms with van der Waals surface area (Å²) in [6, 6.07) is 10.4. The number of nitrogens with zero attached hydrogens (tertiary/aromatic N) is 2. The van der Waals surface area contributed by atoms with Gasteiger partial charge in [-0.05, 0) is 19.4 Å². The predicted molar refractivity (Wildman–Crippen MR) is 80.3 cm³/mol. The fourth-order valence-corrected chi connectivity index (χ4v) is 2.31. The topological polar surface area (TPSA) is 9.23 Å². The normalized spacial score (nSPS) is 13.0. The largest absolute Gasteiger partial charge is 0.332 e. The lowest BCUT2D eigenvalue weighted by atomic mass is 10.2. The van der Waals surface area contributed by atoms with Gasteiger partial charge in [0.1, 0.15) is 0 Å². The third kappa shape index (κ3) is 4.30. The van der Waals surface area contributed by atoms with Crippen LogP contribution in [-0.4, -0.2) is 56.6 Å². The molecule has 3 heteroatoms. The molecule has 0 unspecified atom stereocenters. The maximum Gasteiger partial charge on any atom is 0.332 e. The second kappa shape index (κ2) is 6.51. The highest BCUT2D eigenvalue weighted by Gasteiger charge is 2.40. The van der Waals surface area contributed by atoms with Gasteiger partial charge >= 0.3 is 6.35 Å². The van der Waals surface area contributed by atoms with Crippen LogP contribution in [0, 0.1) is 0 Å². The predicted octanol–water partition coefficient (Wildman–Crippen LogP) is 2.68. The lowest BCUT2D eigenvalue weighted by molar-refractivity contribution is -1.13. The van der Waals surface area contributed by atoms with Crippen molar-refractivity contribution < 1.29 is 13.7 Å². The second-order valence-electron chi connectivity index (χ2n) is 6.31. The van der Waals surface area contributed by atoms with E-state index in [9.17, 15) is 0 Å². The van der Waals surface area contributed by atoms with Gasteiger partial charge in [-0.1, -0.05) is 30.3 Å². The minimum atomic E-state index is 0.148. The summed E-state index contributed by atoms with van der Waals surface area (Å²) in [7, 11) is 8.97. The highest BCUT2D eigenvalue weighted by molar-refractivity contribution is 5.13. The van der Waals surface area contributed by atoms with Crippen LogP contribution in [0.25, 0.3) is 0 Å². The first-order valence-corrected chi connectivity index (χ1v) is 7.14. The van der Waals surface area contributed by atoms with Crippen molar-refractivity contribution in [2.45, 2.75) is 26.8 Å². The molecule has 0 saturated carbocycles. The molecule has 1 aromatic carbocycles.